The largest absolute Gasteiger partial charge is 0.497 e. The molecule has 3 aromatic carbocycles. The molecule has 34 heavy (non-hydrogen) atoms. The van der Waals surface area contributed by atoms with Crippen molar-refractivity contribution in [1.82, 2.24) is 5.32 Å². The van der Waals surface area contributed by atoms with Gasteiger partial charge in [-0.3, -0.25) is 9.59 Å². The molecule has 176 valence electrons. The summed E-state index contributed by atoms with van der Waals surface area (Å²) >= 11 is 0. The van der Waals surface area contributed by atoms with Crippen LogP contribution in [0, 0.1) is 0 Å². The van der Waals surface area contributed by atoms with Crippen LogP contribution in [-0.2, 0) is 11.2 Å². The zero-order chi connectivity index (χ0) is 23.8. The molecule has 0 fully saturated rings. The predicted octanol–water partition coefficient (Wildman–Crippen LogP) is 3.46. The van der Waals surface area contributed by atoms with Gasteiger partial charge in [0.05, 0.1) is 7.11 Å². The van der Waals surface area contributed by atoms with Gasteiger partial charge in [-0.15, -0.1) is 0 Å². The maximum absolute atomic E-state index is 12.4. The Kier molecular flexibility index (Phi) is 7.49. The number of ether oxygens (including phenoxy) is 4. The van der Waals surface area contributed by atoms with E-state index in [9.17, 15) is 9.59 Å². The minimum atomic E-state index is -0.297. The molecule has 0 radical (unpaired) electrons. The smallest absolute Gasteiger partial charge is 0.262 e. The van der Waals surface area contributed by atoms with E-state index in [0.717, 1.165) is 17.1 Å². The van der Waals surface area contributed by atoms with Crippen molar-refractivity contribution >= 4 is 17.5 Å². The highest BCUT2D eigenvalue weighted by atomic mass is 16.6. The monoisotopic (exact) mass is 462 g/mol. The molecule has 2 amide bonds. The molecule has 8 heteroatoms. The van der Waals surface area contributed by atoms with E-state index in [2.05, 4.69) is 10.6 Å². The van der Waals surface area contributed by atoms with Gasteiger partial charge in [-0.25, -0.2) is 0 Å². The quantitative estimate of drug-likeness (QED) is 0.506. The molecule has 1 heterocycles. The van der Waals surface area contributed by atoms with Crippen LogP contribution in [0.2, 0.25) is 0 Å². The van der Waals surface area contributed by atoms with E-state index in [1.807, 2.05) is 18.2 Å². The number of amides is 2. The predicted molar refractivity (Wildman–Crippen MR) is 127 cm³/mol. The number of methoxy groups -OCH3 is 1. The Morgan fingerprint density at radius 2 is 1.71 bits per heavy atom. The summed E-state index contributed by atoms with van der Waals surface area (Å²) in [4.78, 5) is 24.5. The van der Waals surface area contributed by atoms with Gasteiger partial charge in [-0.1, -0.05) is 12.1 Å². The SMILES string of the molecule is COc1cccc(NC(=O)COc2ccc(C(=O)NCCc3ccc4c(c3)OCCO4)cc2)c1. The standard InChI is InChI=1S/C26H26N2O6/c1-31-22-4-2-3-20(16-22)28-25(29)17-34-21-8-6-19(7-9-21)26(30)27-12-11-18-5-10-23-24(15-18)33-14-13-32-23/h2-10,15-16H,11-14,17H2,1H3,(H,27,30)(H,28,29). The molecule has 0 saturated heterocycles. The first-order chi connectivity index (χ1) is 16.6. The van der Waals surface area contributed by atoms with Gasteiger partial charge in [0.25, 0.3) is 11.8 Å². The second kappa shape index (κ2) is 11.1. The second-order valence-corrected chi connectivity index (χ2v) is 7.58. The van der Waals surface area contributed by atoms with Gasteiger partial charge in [0.15, 0.2) is 18.1 Å². The Morgan fingerprint density at radius 1 is 0.912 bits per heavy atom. The molecule has 3 aromatic rings. The molecule has 1 aliphatic rings. The van der Waals surface area contributed by atoms with Crippen LogP contribution in [0.3, 0.4) is 0 Å². The zero-order valence-electron chi connectivity index (χ0n) is 18.8. The number of anilines is 1. The summed E-state index contributed by atoms with van der Waals surface area (Å²) in [5.74, 6) is 2.16. The van der Waals surface area contributed by atoms with Gasteiger partial charge in [0.1, 0.15) is 24.7 Å². The number of rotatable bonds is 9. The van der Waals surface area contributed by atoms with E-state index in [4.69, 9.17) is 18.9 Å². The van der Waals surface area contributed by atoms with Crippen molar-refractivity contribution < 1.29 is 28.5 Å². The lowest BCUT2D eigenvalue weighted by molar-refractivity contribution is -0.118. The van der Waals surface area contributed by atoms with Crippen molar-refractivity contribution in [1.29, 1.82) is 0 Å². The molecule has 0 aliphatic carbocycles. The molecule has 0 bridgehead atoms. The summed E-state index contributed by atoms with van der Waals surface area (Å²) in [6.45, 7) is 1.43. The second-order valence-electron chi connectivity index (χ2n) is 7.58. The lowest BCUT2D eigenvalue weighted by Gasteiger charge is -2.18. The van der Waals surface area contributed by atoms with Gasteiger partial charge in [-0.05, 0) is 60.5 Å². The molecule has 0 saturated carbocycles. The Morgan fingerprint density at radius 3 is 2.50 bits per heavy atom. The van der Waals surface area contributed by atoms with E-state index >= 15 is 0 Å². The van der Waals surface area contributed by atoms with Crippen LogP contribution >= 0.6 is 0 Å². The lowest BCUT2D eigenvalue weighted by Crippen LogP contribution is -2.25. The summed E-state index contributed by atoms with van der Waals surface area (Å²) in [6.07, 6.45) is 0.673. The topological polar surface area (TPSA) is 95.1 Å². The van der Waals surface area contributed by atoms with Crippen molar-refractivity contribution in [3.8, 4) is 23.0 Å². The van der Waals surface area contributed by atoms with Crippen molar-refractivity contribution in [2.75, 3.05) is 38.8 Å². The summed E-state index contributed by atoms with van der Waals surface area (Å²) in [6, 6.07) is 19.5. The normalized spacial score (nSPS) is 11.9. The van der Waals surface area contributed by atoms with E-state index in [-0.39, 0.29) is 18.4 Å². The third-order valence-electron chi connectivity index (χ3n) is 5.15. The van der Waals surface area contributed by atoms with Crippen LogP contribution in [0.5, 0.6) is 23.0 Å². The molecule has 2 N–H and O–H groups in total. The van der Waals surface area contributed by atoms with Crippen LogP contribution in [0.15, 0.2) is 66.7 Å². The molecule has 4 rings (SSSR count). The van der Waals surface area contributed by atoms with Crippen molar-refractivity contribution in [2.45, 2.75) is 6.42 Å². The van der Waals surface area contributed by atoms with E-state index in [0.29, 0.717) is 48.9 Å². The fraction of sp³-hybridized carbons (Fsp3) is 0.231. The number of fused-ring (bicyclic) bond motifs is 1. The first-order valence-corrected chi connectivity index (χ1v) is 10.9. The Labute approximate surface area is 197 Å². The van der Waals surface area contributed by atoms with Gasteiger partial charge in [0, 0.05) is 23.9 Å². The first-order valence-electron chi connectivity index (χ1n) is 10.9. The average Bonchev–Trinajstić information content (AvgIpc) is 2.87. The maximum atomic E-state index is 12.4. The Bertz CT molecular complexity index is 1150. The van der Waals surface area contributed by atoms with Gasteiger partial charge in [0.2, 0.25) is 0 Å². The van der Waals surface area contributed by atoms with Crippen LogP contribution < -0.4 is 29.6 Å². The highest BCUT2D eigenvalue weighted by Crippen LogP contribution is 2.30. The number of nitrogens with one attached hydrogen (secondary N) is 2. The zero-order valence-corrected chi connectivity index (χ0v) is 18.8. The lowest BCUT2D eigenvalue weighted by atomic mass is 10.1. The number of benzene rings is 3. The first kappa shape index (κ1) is 23.0. The molecule has 1 aliphatic heterocycles. The molecular formula is C26H26N2O6. The van der Waals surface area contributed by atoms with Crippen LogP contribution in [0.1, 0.15) is 15.9 Å². The van der Waals surface area contributed by atoms with Gasteiger partial charge >= 0.3 is 0 Å². The van der Waals surface area contributed by atoms with E-state index in [1.165, 1.54) is 0 Å². The molecule has 8 nitrogen and oxygen atoms in total. The molecule has 0 aromatic heterocycles. The van der Waals surface area contributed by atoms with Crippen LogP contribution in [0.4, 0.5) is 5.69 Å². The summed E-state index contributed by atoms with van der Waals surface area (Å²) in [7, 11) is 1.56. The Balaban J connectivity index is 1.21. The average molecular weight is 463 g/mol. The highest BCUT2D eigenvalue weighted by molar-refractivity contribution is 5.94. The highest BCUT2D eigenvalue weighted by Gasteiger charge is 2.12. The van der Waals surface area contributed by atoms with Crippen LogP contribution in [-0.4, -0.2) is 45.3 Å². The maximum Gasteiger partial charge on any atom is 0.262 e. The fourth-order valence-corrected chi connectivity index (χ4v) is 3.42. The Hall–Kier alpha value is -4.20. The number of carbonyl (C=O) groups excluding carboxylic acids is 2. The van der Waals surface area contributed by atoms with Crippen LogP contribution in [0.25, 0.3) is 0 Å². The minimum Gasteiger partial charge on any atom is -0.497 e. The number of hydrogen-bond acceptors (Lipinski definition) is 6. The summed E-state index contributed by atoms with van der Waals surface area (Å²) < 4.78 is 21.8. The summed E-state index contributed by atoms with van der Waals surface area (Å²) in [5.41, 5.74) is 2.19. The number of hydrogen-bond donors (Lipinski definition) is 2. The third-order valence-corrected chi connectivity index (χ3v) is 5.15. The third kappa shape index (κ3) is 6.19. The summed E-state index contributed by atoms with van der Waals surface area (Å²) in [5, 5.41) is 5.65. The minimum absolute atomic E-state index is 0.154. The fourth-order valence-electron chi connectivity index (χ4n) is 3.42. The van der Waals surface area contributed by atoms with E-state index < -0.39 is 0 Å². The van der Waals surface area contributed by atoms with Gasteiger partial charge in [-0.2, -0.15) is 0 Å². The molecular weight excluding hydrogens is 436 g/mol. The van der Waals surface area contributed by atoms with Gasteiger partial charge < -0.3 is 29.6 Å². The molecule has 0 spiro atoms. The molecule has 0 unspecified atom stereocenters. The number of carbonyl (C=O) groups is 2. The van der Waals surface area contributed by atoms with Crippen molar-refractivity contribution in [3.63, 3.8) is 0 Å². The van der Waals surface area contributed by atoms with Crippen molar-refractivity contribution in [3.05, 3.63) is 77.9 Å². The van der Waals surface area contributed by atoms with E-state index in [1.54, 1.807) is 55.6 Å². The van der Waals surface area contributed by atoms with Crippen molar-refractivity contribution in [2.24, 2.45) is 0 Å². The molecule has 0 atom stereocenters.